The van der Waals surface area contributed by atoms with Crippen LogP contribution in [0, 0.1) is 70.3 Å². The largest absolute Gasteiger partial charge is 0.493 e. The standard InChI is InChI=1S/6C19H20FNO3/c6*20-15-3-1-13(2-4-15)17-7-8-21-10-14(17)11-22-16-5-6-18-19(9-16)24-12-23-18/h6*1-6,9,14,17,21H,7-8,10-12H2/t6*14-,17?/m111000/s1/i1D,2D,3D,4D,11D2,12D2,14D,17D;1D,2D,3D,4D,7D2,11D2,12D2,14D;1D,2D,3D,4D,7D2,12D2,14D;1D,2D,3D,4D,11D2,12D2,17D;1D,2D,3D,4D,7D2,11D2,12D2;1D,2D,3D,4D,7D2,12D2. The van der Waals surface area contributed by atoms with Crippen LogP contribution in [0.15, 0.2) is 254 Å². The van der Waals surface area contributed by atoms with Crippen LogP contribution in [0.2, 0.25) is 0 Å². The SMILES string of the molecule is [2H]c1c([2H])c(C2([2H])CCNC[C@H]2C([2H])([2H])Oc2ccc3c(c2)OC([2H])([2H])O3)c([2H])c([2H])c1F.[2H]c1c([2H])c(C2([2H])CCNC[C@]2([2H])C([2H])([2H])Oc2ccc3c(c2)OC([2H])([2H])O3)c([2H])c([2H])c1F.[2H]c1c([2H])c(C2C([2H])([2H])CNC[C@]2([2H])C([2H])([2H])Oc2ccc3c(c2)OC([2H])([2H])O3)c([2H])c([2H])c1F.[2H]c1c([2H])c(C2C([2H])([2H])CNC[C@]2([2H])COc2ccc3c(c2)OC([2H])([2H])O3)c([2H])c([2H])c1F.[2H]c1c([2H])c(C2[C@H](C([2H])([2H])Oc3ccc4c(c3)OC([2H])([2H])O4)CNCC2([2H])[2H])c([2H])c([2H])c1F.[2H]c1c([2H])c(C2[C@H](COc3ccc4c(c3)OC([2H])([2H])O4)CNCC2([2H])[2H])c([2H])c([2H])c1F. The summed E-state index contributed by atoms with van der Waals surface area (Å²) >= 11 is 0. The van der Waals surface area contributed by atoms with Gasteiger partial charge >= 0.3 is 0 Å². The summed E-state index contributed by atoms with van der Waals surface area (Å²) in [6, 6.07) is 3.26. The summed E-state index contributed by atoms with van der Waals surface area (Å²) in [5, 5.41) is 16.9. The molecule has 0 radical (unpaired) electrons. The predicted octanol–water partition coefficient (Wildman–Crippen LogP) is 20.0. The molecule has 144 heavy (non-hydrogen) atoms. The molecule has 6 unspecified atom stereocenters. The second kappa shape index (κ2) is 49.1. The summed E-state index contributed by atoms with van der Waals surface area (Å²) in [7, 11) is 0. The molecule has 24 rings (SSSR count). The van der Waals surface area contributed by atoms with Crippen LogP contribution in [0.4, 0.5) is 26.3 Å². The molecule has 0 amide bonds. The normalized spacial score (nSPS) is 34.5. The molecule has 12 atom stereocenters. The Bertz CT molecular complexity index is 9350. The number of ether oxygens (including phenoxy) is 18. The van der Waals surface area contributed by atoms with E-state index in [1.54, 1.807) is 0 Å². The first-order chi connectivity index (χ1) is 92.7. The fourth-order valence-corrected chi connectivity index (χ4v) is 15.2. The number of fused-ring (bicyclic) bond motifs is 6. The molecular formula is C114H120F6N6O18. The van der Waals surface area contributed by atoms with E-state index in [-0.39, 0.29) is 187 Å². The van der Waals surface area contributed by atoms with Gasteiger partial charge in [-0.25, -0.2) is 26.3 Å². The van der Waals surface area contributed by atoms with Crippen molar-refractivity contribution < 1.29 is 190 Å². The van der Waals surface area contributed by atoms with Gasteiger partial charge in [0.05, 0.1) is 83.3 Å². The third-order valence-corrected chi connectivity index (χ3v) is 22.3. The maximum atomic E-state index is 14.2. The van der Waals surface area contributed by atoms with Crippen molar-refractivity contribution in [3.05, 3.63) is 322 Å². The lowest BCUT2D eigenvalue weighted by Crippen LogP contribution is -2.38. The van der Waals surface area contributed by atoms with E-state index >= 15 is 0 Å². The Kier molecular flexibility index (Phi) is 17.6. The Morgan fingerprint density at radius 3 is 0.889 bits per heavy atom. The molecule has 756 valence electrons. The van der Waals surface area contributed by atoms with Crippen molar-refractivity contribution in [3.63, 3.8) is 0 Å². The first kappa shape index (κ1) is 51.7. The van der Waals surface area contributed by atoms with Crippen LogP contribution in [-0.4, -0.2) is 158 Å². The minimum Gasteiger partial charge on any atom is -0.493 e. The van der Waals surface area contributed by atoms with Crippen LogP contribution < -0.4 is 117 Å². The molecule has 0 aromatic heterocycles. The van der Waals surface area contributed by atoms with Crippen LogP contribution in [0.1, 0.15) is 185 Å². The van der Waals surface area contributed by atoms with Crippen LogP contribution in [0.5, 0.6) is 103 Å². The Balaban J connectivity index is 0.000000143. The minimum absolute atomic E-state index is 0.00493. The highest BCUT2D eigenvalue weighted by molar-refractivity contribution is 5.52. The number of benzene rings is 12. The molecule has 6 fully saturated rings. The molecule has 12 aliphatic heterocycles. The number of rotatable bonds is 24. The number of hydrogen-bond donors (Lipinski definition) is 6. The van der Waals surface area contributed by atoms with Gasteiger partial charge < -0.3 is 117 Å². The second-order valence-corrected chi connectivity index (χ2v) is 31.7. The first-order valence-corrected chi connectivity index (χ1v) is 44.2. The molecule has 0 bridgehead atoms. The Morgan fingerprint density at radius 1 is 0.250 bits per heavy atom. The molecule has 12 aromatic rings. The van der Waals surface area contributed by atoms with Gasteiger partial charge in [-0.05, 0) is 292 Å². The number of nitrogens with one attached hydrogen (secondary N) is 6. The third-order valence-electron chi connectivity index (χ3n) is 22.3. The zero-order valence-electron chi connectivity index (χ0n) is 132. The number of hydrogen-bond acceptors (Lipinski definition) is 24. The van der Waals surface area contributed by atoms with Gasteiger partial charge in [-0.3, -0.25) is 0 Å². The fourth-order valence-electron chi connectivity index (χ4n) is 15.2. The van der Waals surface area contributed by atoms with Crippen molar-refractivity contribution in [1.82, 2.24) is 31.9 Å². The molecule has 0 aliphatic carbocycles. The van der Waals surface area contributed by atoms with E-state index < -0.39 is 392 Å². The van der Waals surface area contributed by atoms with Crippen LogP contribution >= 0.6 is 0 Å². The Labute approximate surface area is 914 Å². The lowest BCUT2D eigenvalue weighted by molar-refractivity contribution is 0.173. The zero-order chi connectivity index (χ0) is 149. The smallest absolute Gasteiger partial charge is 0.231 e. The molecule has 12 aromatic carbocycles. The first-order valence-electron chi connectivity index (χ1n) is 72.7. The van der Waals surface area contributed by atoms with Crippen LogP contribution in [0.25, 0.3) is 0 Å². The van der Waals surface area contributed by atoms with E-state index in [9.17, 15) is 26.3 Å². The summed E-state index contributed by atoms with van der Waals surface area (Å²) in [4.78, 5) is 0. The lowest BCUT2D eigenvalue weighted by atomic mass is 9.81. The monoisotopic (exact) mass is 2030 g/mol. The van der Waals surface area contributed by atoms with Gasteiger partial charge in [0.25, 0.3) is 0 Å². The molecule has 12 aliphatic rings. The lowest BCUT2D eigenvalue weighted by Gasteiger charge is -2.32. The van der Waals surface area contributed by atoms with Crippen molar-refractivity contribution in [1.29, 1.82) is 0 Å². The molecular weight excluding hydrogens is 1860 g/mol. The second-order valence-electron chi connectivity index (χ2n) is 31.7. The van der Waals surface area contributed by atoms with Crippen molar-refractivity contribution in [2.45, 2.75) is 73.8 Å². The Morgan fingerprint density at radius 2 is 0.500 bits per heavy atom. The minimum atomic E-state index is -3.01. The Hall–Kier alpha value is -13.6. The van der Waals surface area contributed by atoms with E-state index in [0.717, 1.165) is 12.1 Å². The molecule has 0 spiro atoms. The molecule has 6 N–H and O–H groups in total. The van der Waals surface area contributed by atoms with E-state index in [1.807, 2.05) is 0 Å². The van der Waals surface area contributed by atoms with Crippen LogP contribution in [0.3, 0.4) is 0 Å². The molecule has 0 saturated carbocycles. The van der Waals surface area contributed by atoms with Gasteiger partial charge in [0.1, 0.15) is 85.8 Å². The predicted molar refractivity (Wildman–Crippen MR) is 529 cm³/mol. The van der Waals surface area contributed by atoms with E-state index in [0.29, 0.717) is 5.75 Å². The fraction of sp³-hybridized carbons (Fsp3) is 0.368. The van der Waals surface area contributed by atoms with Crippen molar-refractivity contribution in [3.8, 4) is 103 Å². The summed E-state index contributed by atoms with van der Waals surface area (Å²) in [6.07, 6.45) is -9.14. The highest BCUT2D eigenvalue weighted by Crippen LogP contribution is 2.45. The van der Waals surface area contributed by atoms with Gasteiger partial charge in [-0.2, -0.15) is 0 Å². The van der Waals surface area contributed by atoms with Crippen molar-refractivity contribution >= 4 is 0 Å². The maximum Gasteiger partial charge on any atom is 0.231 e. The van der Waals surface area contributed by atoms with Crippen molar-refractivity contribution in [2.75, 3.05) is 158 Å². The van der Waals surface area contributed by atoms with E-state index in [2.05, 4.69) is 31.9 Å². The van der Waals surface area contributed by atoms with Gasteiger partial charge in [-0.15, -0.1) is 0 Å². The third kappa shape index (κ3) is 26.5. The average molecular weight is 2030 g/mol. The highest BCUT2D eigenvalue weighted by atomic mass is 19.1. The summed E-state index contributed by atoms with van der Waals surface area (Å²) in [6.45, 7) is -27.5. The zero-order valence-corrected chi connectivity index (χ0v) is 74.9. The maximum absolute atomic E-state index is 14.2. The quantitative estimate of drug-likeness (QED) is 0.0308. The van der Waals surface area contributed by atoms with Gasteiger partial charge in [0.2, 0.25) is 40.5 Å². The van der Waals surface area contributed by atoms with Gasteiger partial charge in [0, 0.05) is 129 Å². The van der Waals surface area contributed by atoms with Gasteiger partial charge in [0.15, 0.2) is 69.0 Å². The number of halogens is 6. The van der Waals surface area contributed by atoms with Crippen molar-refractivity contribution in [2.24, 2.45) is 35.4 Å². The molecule has 24 nitrogen and oxygen atoms in total. The summed E-state index contributed by atoms with van der Waals surface area (Å²) < 4.78 is 641. The van der Waals surface area contributed by atoms with E-state index in [1.165, 1.54) is 97.1 Å². The topological polar surface area (TPSA) is 238 Å². The average Bonchev–Trinajstić information content (AvgIpc) is 1.29. The molecule has 6 saturated heterocycles. The molecule has 12 heterocycles. The number of piperidine rings is 6. The highest BCUT2D eigenvalue weighted by Gasteiger charge is 2.35. The van der Waals surface area contributed by atoms with E-state index in [4.69, 9.17) is 163 Å². The summed E-state index contributed by atoms with van der Waals surface area (Å²) in [5.74, 6) is -27.8. The van der Waals surface area contributed by atoms with Crippen LogP contribution in [-0.2, 0) is 0 Å². The summed E-state index contributed by atoms with van der Waals surface area (Å²) in [5.41, 5.74) is -2.60. The van der Waals surface area contributed by atoms with Gasteiger partial charge in [-0.1, -0.05) is 72.5 Å². The molecule has 30 heteroatoms.